The maximum absolute atomic E-state index is 12.1. The highest BCUT2D eigenvalue weighted by Gasteiger charge is 2.28. The quantitative estimate of drug-likeness (QED) is 0.803. The lowest BCUT2D eigenvalue weighted by Crippen LogP contribution is -2.41. The van der Waals surface area contributed by atoms with Gasteiger partial charge in [-0.3, -0.25) is 0 Å². The van der Waals surface area contributed by atoms with E-state index in [2.05, 4.69) is 11.2 Å². The summed E-state index contributed by atoms with van der Waals surface area (Å²) in [7, 11) is 0. The standard InChI is InChI=1S/C18H23ClN2O2/c1-18(2,3)23-17(22)21-8-6-12(7-9-21)15-11-20-16-5-4-13(19)10-14(15)16/h4-5,10-12,20H,6-9H2,1-3H3. The van der Waals surface area contributed by atoms with Crippen molar-refractivity contribution in [3.63, 3.8) is 0 Å². The Balaban J connectivity index is 1.69. The number of hydrogen-bond donors (Lipinski definition) is 1. The second kappa shape index (κ2) is 6.08. The van der Waals surface area contributed by atoms with Crippen molar-refractivity contribution in [3.05, 3.63) is 35.0 Å². The van der Waals surface area contributed by atoms with Crippen LogP contribution in [-0.4, -0.2) is 34.7 Å². The lowest BCUT2D eigenvalue weighted by atomic mass is 9.89. The molecule has 5 heteroatoms. The number of carbonyl (C=O) groups is 1. The van der Waals surface area contributed by atoms with Gasteiger partial charge in [-0.1, -0.05) is 11.6 Å². The number of amides is 1. The number of H-pyrrole nitrogens is 1. The third-order valence-electron chi connectivity index (χ3n) is 4.26. The molecule has 0 saturated carbocycles. The molecule has 1 saturated heterocycles. The molecule has 1 fully saturated rings. The minimum Gasteiger partial charge on any atom is -0.444 e. The maximum atomic E-state index is 12.1. The minimum absolute atomic E-state index is 0.210. The Morgan fingerprint density at radius 1 is 1.30 bits per heavy atom. The van der Waals surface area contributed by atoms with Gasteiger partial charge in [-0.2, -0.15) is 0 Å². The van der Waals surface area contributed by atoms with E-state index in [-0.39, 0.29) is 6.09 Å². The van der Waals surface area contributed by atoms with Gasteiger partial charge in [0.2, 0.25) is 0 Å². The number of fused-ring (bicyclic) bond motifs is 1. The van der Waals surface area contributed by atoms with Crippen LogP contribution in [0.1, 0.15) is 45.1 Å². The highest BCUT2D eigenvalue weighted by atomic mass is 35.5. The van der Waals surface area contributed by atoms with Crippen molar-refractivity contribution in [2.45, 2.75) is 45.1 Å². The number of likely N-dealkylation sites (tertiary alicyclic amines) is 1. The second-order valence-corrected chi connectivity index (χ2v) is 7.61. The van der Waals surface area contributed by atoms with E-state index in [0.29, 0.717) is 5.92 Å². The molecule has 0 bridgehead atoms. The van der Waals surface area contributed by atoms with Crippen LogP contribution >= 0.6 is 11.6 Å². The molecule has 124 valence electrons. The Morgan fingerprint density at radius 2 is 2.00 bits per heavy atom. The third-order valence-corrected chi connectivity index (χ3v) is 4.50. The molecule has 1 aliphatic heterocycles. The van der Waals surface area contributed by atoms with E-state index < -0.39 is 5.60 Å². The number of ether oxygens (including phenoxy) is 1. The highest BCUT2D eigenvalue weighted by Crippen LogP contribution is 2.34. The van der Waals surface area contributed by atoms with Gasteiger partial charge in [-0.15, -0.1) is 0 Å². The normalized spacial score (nSPS) is 16.8. The molecule has 23 heavy (non-hydrogen) atoms. The molecule has 1 aliphatic rings. The van der Waals surface area contributed by atoms with E-state index in [9.17, 15) is 4.79 Å². The van der Waals surface area contributed by atoms with Crippen LogP contribution in [0.2, 0.25) is 5.02 Å². The van der Waals surface area contributed by atoms with Crippen LogP contribution in [0.25, 0.3) is 10.9 Å². The lowest BCUT2D eigenvalue weighted by Gasteiger charge is -2.33. The van der Waals surface area contributed by atoms with E-state index in [1.807, 2.05) is 43.9 Å². The largest absolute Gasteiger partial charge is 0.444 e. The zero-order chi connectivity index (χ0) is 16.6. The number of aromatic nitrogens is 1. The number of nitrogens with one attached hydrogen (secondary N) is 1. The first kappa shape index (κ1) is 16.2. The summed E-state index contributed by atoms with van der Waals surface area (Å²) in [6.07, 6.45) is 3.75. The van der Waals surface area contributed by atoms with Crippen LogP contribution in [0.3, 0.4) is 0 Å². The summed E-state index contributed by atoms with van der Waals surface area (Å²) in [6.45, 7) is 7.15. The van der Waals surface area contributed by atoms with Gasteiger partial charge in [0.05, 0.1) is 0 Å². The Morgan fingerprint density at radius 3 is 2.65 bits per heavy atom. The zero-order valence-corrected chi connectivity index (χ0v) is 14.6. The molecule has 1 N–H and O–H groups in total. The Hall–Kier alpha value is -1.68. The van der Waals surface area contributed by atoms with Gasteiger partial charge in [-0.25, -0.2) is 4.79 Å². The number of benzene rings is 1. The van der Waals surface area contributed by atoms with Gasteiger partial charge in [-0.05, 0) is 63.3 Å². The van der Waals surface area contributed by atoms with Crippen molar-refractivity contribution in [2.24, 2.45) is 0 Å². The second-order valence-electron chi connectivity index (χ2n) is 7.18. The predicted molar refractivity (Wildman–Crippen MR) is 93.1 cm³/mol. The maximum Gasteiger partial charge on any atom is 0.410 e. The minimum atomic E-state index is -0.443. The first-order valence-electron chi connectivity index (χ1n) is 8.08. The molecule has 4 nitrogen and oxygen atoms in total. The summed E-state index contributed by atoms with van der Waals surface area (Å²) in [5.74, 6) is 0.445. The summed E-state index contributed by atoms with van der Waals surface area (Å²) in [4.78, 5) is 17.3. The van der Waals surface area contributed by atoms with Gasteiger partial charge in [0, 0.05) is 35.2 Å². The predicted octanol–water partition coefficient (Wildman–Crippen LogP) is 4.94. The number of nitrogens with zero attached hydrogens (tertiary/aromatic N) is 1. The van der Waals surface area contributed by atoms with E-state index in [0.717, 1.165) is 36.5 Å². The highest BCUT2D eigenvalue weighted by molar-refractivity contribution is 6.31. The van der Waals surface area contributed by atoms with E-state index >= 15 is 0 Å². The fourth-order valence-corrected chi connectivity index (χ4v) is 3.32. The molecule has 0 spiro atoms. The third kappa shape index (κ3) is 3.63. The number of piperidine rings is 1. The van der Waals surface area contributed by atoms with Crippen molar-refractivity contribution in [1.82, 2.24) is 9.88 Å². The summed E-state index contributed by atoms with van der Waals surface area (Å²) in [5, 5.41) is 1.94. The molecular weight excluding hydrogens is 312 g/mol. The molecule has 1 aromatic heterocycles. The van der Waals surface area contributed by atoms with Gasteiger partial charge in [0.25, 0.3) is 0 Å². The van der Waals surface area contributed by atoms with E-state index in [1.165, 1.54) is 10.9 Å². The van der Waals surface area contributed by atoms with Crippen LogP contribution in [0, 0.1) is 0 Å². The van der Waals surface area contributed by atoms with Crippen LogP contribution in [0.4, 0.5) is 4.79 Å². The van der Waals surface area contributed by atoms with Crippen LogP contribution < -0.4 is 0 Å². The topological polar surface area (TPSA) is 45.3 Å². The summed E-state index contributed by atoms with van der Waals surface area (Å²) >= 11 is 6.13. The molecular formula is C18H23ClN2O2. The Bertz CT molecular complexity index is 709. The SMILES string of the molecule is CC(C)(C)OC(=O)N1CCC(c2c[nH]c3ccc(Cl)cc23)CC1. The number of carbonyl (C=O) groups excluding carboxylic acids is 1. The summed E-state index contributed by atoms with van der Waals surface area (Å²) in [6, 6.07) is 5.93. The molecule has 2 heterocycles. The first-order chi connectivity index (χ1) is 10.8. The molecule has 2 aromatic rings. The number of rotatable bonds is 1. The number of aromatic amines is 1. The van der Waals surface area contributed by atoms with E-state index in [1.54, 1.807) is 0 Å². The molecule has 0 radical (unpaired) electrons. The number of hydrogen-bond acceptors (Lipinski definition) is 2. The first-order valence-corrected chi connectivity index (χ1v) is 8.46. The smallest absolute Gasteiger partial charge is 0.410 e. The number of halogens is 1. The summed E-state index contributed by atoms with van der Waals surface area (Å²) < 4.78 is 5.45. The van der Waals surface area contributed by atoms with Crippen LogP contribution in [-0.2, 0) is 4.74 Å². The van der Waals surface area contributed by atoms with Crippen molar-refractivity contribution >= 4 is 28.6 Å². The molecule has 0 atom stereocenters. The average molecular weight is 335 g/mol. The van der Waals surface area contributed by atoms with Crippen molar-refractivity contribution in [3.8, 4) is 0 Å². The Kier molecular flexibility index (Phi) is 4.28. The van der Waals surface area contributed by atoms with Crippen LogP contribution in [0.5, 0.6) is 0 Å². The molecule has 0 unspecified atom stereocenters. The van der Waals surface area contributed by atoms with Crippen molar-refractivity contribution in [1.29, 1.82) is 0 Å². The average Bonchev–Trinajstić information content (AvgIpc) is 2.88. The molecule has 1 amide bonds. The fourth-order valence-electron chi connectivity index (χ4n) is 3.15. The van der Waals surface area contributed by atoms with Crippen LogP contribution in [0.15, 0.2) is 24.4 Å². The molecule has 0 aliphatic carbocycles. The van der Waals surface area contributed by atoms with E-state index in [4.69, 9.17) is 16.3 Å². The van der Waals surface area contributed by atoms with Crippen molar-refractivity contribution < 1.29 is 9.53 Å². The lowest BCUT2D eigenvalue weighted by molar-refractivity contribution is 0.0205. The molecule has 3 rings (SSSR count). The zero-order valence-electron chi connectivity index (χ0n) is 13.9. The van der Waals surface area contributed by atoms with Gasteiger partial charge in [0.1, 0.15) is 5.60 Å². The monoisotopic (exact) mass is 334 g/mol. The summed E-state index contributed by atoms with van der Waals surface area (Å²) in [5.41, 5.74) is 1.96. The van der Waals surface area contributed by atoms with Crippen molar-refractivity contribution in [2.75, 3.05) is 13.1 Å². The van der Waals surface area contributed by atoms with Gasteiger partial charge < -0.3 is 14.6 Å². The fraction of sp³-hybridized carbons (Fsp3) is 0.500. The molecule has 1 aromatic carbocycles. The van der Waals surface area contributed by atoms with Gasteiger partial charge >= 0.3 is 6.09 Å². The van der Waals surface area contributed by atoms with Gasteiger partial charge in [0.15, 0.2) is 0 Å². The Labute approximate surface area is 141 Å².